The van der Waals surface area contributed by atoms with E-state index in [-0.39, 0.29) is 11.3 Å². The van der Waals surface area contributed by atoms with Crippen LogP contribution in [0.3, 0.4) is 0 Å². The molecule has 3 heterocycles. The number of ether oxygens (including phenoxy) is 1. The minimum atomic E-state index is -1.23. The number of benzene rings is 1. The molecule has 0 bridgehead atoms. The number of hydrogen-bond donors (Lipinski definition) is 1. The molecule has 3 aliphatic rings. The molecule has 172 valence electrons. The number of nitrogens with one attached hydrogen (secondary N) is 1. The Kier molecular flexibility index (Phi) is 6.07. The topological polar surface area (TPSA) is 50.3 Å². The van der Waals surface area contributed by atoms with E-state index in [9.17, 15) is 13.2 Å². The molecular weight excluding hydrogens is 417 g/mol. The Labute approximate surface area is 186 Å². The molecule has 1 aromatic carbocycles. The molecular formula is C24H29F3N4O. The summed E-state index contributed by atoms with van der Waals surface area (Å²) in [5.41, 5.74) is 0.560. The Morgan fingerprint density at radius 3 is 2.44 bits per heavy atom. The highest BCUT2D eigenvalue weighted by atomic mass is 19.2. The van der Waals surface area contributed by atoms with E-state index in [0.29, 0.717) is 35.3 Å². The van der Waals surface area contributed by atoms with Crippen molar-refractivity contribution in [2.45, 2.75) is 38.6 Å². The van der Waals surface area contributed by atoms with E-state index >= 15 is 0 Å². The monoisotopic (exact) mass is 446 g/mol. The lowest BCUT2D eigenvalue weighted by molar-refractivity contribution is 0.0545. The summed E-state index contributed by atoms with van der Waals surface area (Å²) in [4.78, 5) is 2.63. The van der Waals surface area contributed by atoms with Crippen LogP contribution in [0.4, 0.5) is 19.0 Å². The predicted octanol–water partition coefficient (Wildman–Crippen LogP) is 4.42. The van der Waals surface area contributed by atoms with Crippen LogP contribution in [-0.2, 0) is 4.74 Å². The van der Waals surface area contributed by atoms with Gasteiger partial charge in [0.1, 0.15) is 11.6 Å². The average Bonchev–Trinajstić information content (AvgIpc) is 3.29. The molecule has 0 amide bonds. The van der Waals surface area contributed by atoms with Gasteiger partial charge in [-0.2, -0.15) is 0 Å². The molecule has 3 atom stereocenters. The van der Waals surface area contributed by atoms with Crippen molar-refractivity contribution < 1.29 is 17.9 Å². The predicted molar refractivity (Wildman–Crippen MR) is 116 cm³/mol. The van der Waals surface area contributed by atoms with Crippen molar-refractivity contribution in [2.24, 2.45) is 17.8 Å². The van der Waals surface area contributed by atoms with Gasteiger partial charge in [0, 0.05) is 50.5 Å². The Hall–Kier alpha value is -2.19. The first kappa shape index (κ1) is 21.6. The standard InChI is InChI=1S/C24H29F3N4O/c1-14-6-22(29-30-24(14)20-9-18(25)10-21(26)23(20)27)28-19-7-16-12-31(13-17(16)8-19)11-15-2-4-32-5-3-15/h6,9-10,15-17,19H,2-5,7-8,11-13H2,1H3,(H,28,29)/t16-,17+,19+. The molecule has 32 heavy (non-hydrogen) atoms. The van der Waals surface area contributed by atoms with Crippen molar-refractivity contribution in [2.75, 3.05) is 38.2 Å². The zero-order valence-electron chi connectivity index (χ0n) is 18.3. The van der Waals surface area contributed by atoms with Gasteiger partial charge >= 0.3 is 0 Å². The van der Waals surface area contributed by atoms with Crippen molar-refractivity contribution in [3.05, 3.63) is 41.2 Å². The van der Waals surface area contributed by atoms with Crippen LogP contribution in [-0.4, -0.2) is 54.0 Å². The lowest BCUT2D eigenvalue weighted by Crippen LogP contribution is -2.32. The molecule has 1 aliphatic carbocycles. The third kappa shape index (κ3) is 4.48. The molecule has 5 nitrogen and oxygen atoms in total. The number of nitrogens with zero attached hydrogens (tertiary/aromatic N) is 3. The number of rotatable bonds is 5. The van der Waals surface area contributed by atoms with E-state index in [2.05, 4.69) is 20.4 Å². The molecule has 2 aliphatic heterocycles. The van der Waals surface area contributed by atoms with Crippen molar-refractivity contribution in [1.29, 1.82) is 0 Å². The lowest BCUT2D eigenvalue weighted by atomic mass is 10.00. The summed E-state index contributed by atoms with van der Waals surface area (Å²) >= 11 is 0. The minimum Gasteiger partial charge on any atom is -0.381 e. The molecule has 5 rings (SSSR count). The number of halogens is 3. The first-order valence-corrected chi connectivity index (χ1v) is 11.5. The van der Waals surface area contributed by atoms with Gasteiger partial charge in [-0.05, 0) is 68.1 Å². The summed E-state index contributed by atoms with van der Waals surface area (Å²) in [6.45, 7) is 7.06. The van der Waals surface area contributed by atoms with Gasteiger partial charge in [0.05, 0.1) is 5.69 Å². The first-order valence-electron chi connectivity index (χ1n) is 11.5. The van der Waals surface area contributed by atoms with Crippen molar-refractivity contribution in [3.8, 4) is 11.3 Å². The zero-order chi connectivity index (χ0) is 22.2. The van der Waals surface area contributed by atoms with E-state index in [1.54, 1.807) is 13.0 Å². The number of aryl methyl sites for hydroxylation is 1. The summed E-state index contributed by atoms with van der Waals surface area (Å²) in [5, 5.41) is 11.7. The molecule has 3 fully saturated rings. The van der Waals surface area contributed by atoms with Crippen LogP contribution in [0, 0.1) is 42.1 Å². The SMILES string of the molecule is Cc1cc(N[C@H]2C[C@@H]3CN(CC4CCOCC4)C[C@@H]3C2)nnc1-c1cc(F)cc(F)c1F. The van der Waals surface area contributed by atoms with Crippen LogP contribution in [0.25, 0.3) is 11.3 Å². The van der Waals surface area contributed by atoms with Gasteiger partial charge in [0.2, 0.25) is 0 Å². The second-order valence-electron chi connectivity index (χ2n) is 9.62. The molecule has 1 saturated carbocycles. The highest BCUT2D eigenvalue weighted by Crippen LogP contribution is 2.40. The summed E-state index contributed by atoms with van der Waals surface area (Å²) < 4.78 is 46.8. The number of anilines is 1. The Bertz CT molecular complexity index is 968. The summed E-state index contributed by atoms with van der Waals surface area (Å²) in [6, 6.07) is 3.58. The maximum absolute atomic E-state index is 14.2. The second kappa shape index (κ2) is 8.98. The molecule has 1 aromatic heterocycles. The molecule has 2 aromatic rings. The molecule has 0 radical (unpaired) electrons. The van der Waals surface area contributed by atoms with Crippen LogP contribution in [0.1, 0.15) is 31.2 Å². The van der Waals surface area contributed by atoms with Crippen LogP contribution in [0.2, 0.25) is 0 Å². The van der Waals surface area contributed by atoms with Gasteiger partial charge in [-0.1, -0.05) is 0 Å². The van der Waals surface area contributed by atoms with Gasteiger partial charge in [0.25, 0.3) is 0 Å². The Balaban J connectivity index is 1.19. The fraction of sp³-hybridized carbons (Fsp3) is 0.583. The van der Waals surface area contributed by atoms with E-state index in [0.717, 1.165) is 51.1 Å². The highest BCUT2D eigenvalue weighted by Gasteiger charge is 2.41. The highest BCUT2D eigenvalue weighted by molar-refractivity contribution is 5.64. The van der Waals surface area contributed by atoms with E-state index in [1.165, 1.54) is 19.4 Å². The lowest BCUT2D eigenvalue weighted by Gasteiger charge is -2.27. The summed E-state index contributed by atoms with van der Waals surface area (Å²) in [6.07, 6.45) is 4.55. The van der Waals surface area contributed by atoms with Gasteiger partial charge in [0.15, 0.2) is 11.6 Å². The number of fused-ring (bicyclic) bond motifs is 1. The number of hydrogen-bond acceptors (Lipinski definition) is 5. The Morgan fingerprint density at radius 2 is 1.75 bits per heavy atom. The van der Waals surface area contributed by atoms with E-state index < -0.39 is 17.5 Å². The normalized spacial score (nSPS) is 26.4. The van der Waals surface area contributed by atoms with Gasteiger partial charge in [-0.3, -0.25) is 0 Å². The zero-order valence-corrected chi connectivity index (χ0v) is 18.3. The first-order chi connectivity index (χ1) is 15.5. The fourth-order valence-corrected chi connectivity index (χ4v) is 5.72. The second-order valence-corrected chi connectivity index (χ2v) is 9.62. The fourth-order valence-electron chi connectivity index (χ4n) is 5.72. The van der Waals surface area contributed by atoms with Gasteiger partial charge in [-0.25, -0.2) is 13.2 Å². The van der Waals surface area contributed by atoms with Crippen molar-refractivity contribution in [1.82, 2.24) is 15.1 Å². The molecule has 0 unspecified atom stereocenters. The maximum atomic E-state index is 14.2. The Morgan fingerprint density at radius 1 is 1.03 bits per heavy atom. The third-order valence-electron chi connectivity index (χ3n) is 7.27. The molecule has 2 saturated heterocycles. The largest absolute Gasteiger partial charge is 0.381 e. The smallest absolute Gasteiger partial charge is 0.168 e. The van der Waals surface area contributed by atoms with Crippen LogP contribution in [0.15, 0.2) is 18.2 Å². The average molecular weight is 447 g/mol. The van der Waals surface area contributed by atoms with Crippen LogP contribution in [0.5, 0.6) is 0 Å². The van der Waals surface area contributed by atoms with Crippen molar-refractivity contribution in [3.63, 3.8) is 0 Å². The van der Waals surface area contributed by atoms with Gasteiger partial charge in [-0.15, -0.1) is 10.2 Å². The van der Waals surface area contributed by atoms with Crippen LogP contribution < -0.4 is 5.32 Å². The number of aromatic nitrogens is 2. The molecule has 8 heteroatoms. The van der Waals surface area contributed by atoms with Crippen LogP contribution >= 0.6 is 0 Å². The summed E-state index contributed by atoms with van der Waals surface area (Å²) in [5.74, 6) is -0.400. The van der Waals surface area contributed by atoms with E-state index in [4.69, 9.17) is 4.74 Å². The minimum absolute atomic E-state index is 0.151. The molecule has 1 N–H and O–H groups in total. The number of likely N-dealkylation sites (tertiary alicyclic amines) is 1. The maximum Gasteiger partial charge on any atom is 0.168 e. The third-order valence-corrected chi connectivity index (χ3v) is 7.27. The van der Waals surface area contributed by atoms with E-state index in [1.807, 2.05) is 0 Å². The molecule has 0 spiro atoms. The quantitative estimate of drug-likeness (QED) is 0.690. The van der Waals surface area contributed by atoms with Gasteiger partial charge < -0.3 is 15.0 Å². The summed E-state index contributed by atoms with van der Waals surface area (Å²) in [7, 11) is 0. The van der Waals surface area contributed by atoms with Crippen molar-refractivity contribution >= 4 is 5.82 Å².